The Morgan fingerprint density at radius 1 is 0.913 bits per heavy atom. The maximum Gasteiger partial charge on any atom is 0.229 e. The van der Waals surface area contributed by atoms with Crippen LogP contribution in [0.15, 0.2) is 59.1 Å². The summed E-state index contributed by atoms with van der Waals surface area (Å²) in [5, 5.41) is 6.31. The fourth-order valence-corrected chi connectivity index (χ4v) is 2.46. The van der Waals surface area contributed by atoms with Gasteiger partial charge < -0.3 is 10.6 Å². The Morgan fingerprint density at radius 3 is 2.43 bits per heavy atom. The zero-order valence-electron chi connectivity index (χ0n) is 12.3. The molecule has 2 aromatic carbocycles. The molecule has 0 aliphatic rings. The van der Waals surface area contributed by atoms with Gasteiger partial charge in [0.2, 0.25) is 5.95 Å². The molecule has 0 radical (unpaired) electrons. The molecule has 3 aromatic rings. The van der Waals surface area contributed by atoms with Gasteiger partial charge >= 0.3 is 0 Å². The van der Waals surface area contributed by atoms with Crippen LogP contribution < -0.4 is 10.6 Å². The minimum atomic E-state index is -0.272. The number of hydrogen-bond acceptors (Lipinski definition) is 4. The van der Waals surface area contributed by atoms with Gasteiger partial charge in [0.1, 0.15) is 11.6 Å². The summed E-state index contributed by atoms with van der Waals surface area (Å²) in [5.41, 5.74) is 2.47. The maximum atomic E-state index is 13.0. The maximum absolute atomic E-state index is 13.0. The van der Waals surface area contributed by atoms with Crippen LogP contribution in [0.1, 0.15) is 5.69 Å². The van der Waals surface area contributed by atoms with Crippen molar-refractivity contribution in [2.24, 2.45) is 0 Å². The molecule has 0 saturated heterocycles. The lowest BCUT2D eigenvalue weighted by atomic mass is 10.3. The Labute approximate surface area is 141 Å². The van der Waals surface area contributed by atoms with Crippen molar-refractivity contribution < 1.29 is 4.39 Å². The van der Waals surface area contributed by atoms with Crippen molar-refractivity contribution in [3.05, 3.63) is 70.6 Å². The van der Waals surface area contributed by atoms with Crippen LogP contribution in [0.25, 0.3) is 0 Å². The van der Waals surface area contributed by atoms with Crippen molar-refractivity contribution in [2.75, 3.05) is 10.6 Å². The van der Waals surface area contributed by atoms with E-state index in [4.69, 9.17) is 0 Å². The molecule has 0 amide bonds. The predicted octanol–water partition coefficient (Wildman–Crippen LogP) is 5.17. The van der Waals surface area contributed by atoms with E-state index in [-0.39, 0.29) is 5.82 Å². The summed E-state index contributed by atoms with van der Waals surface area (Å²) in [6.07, 6.45) is 0. The molecule has 0 aliphatic carbocycles. The van der Waals surface area contributed by atoms with E-state index in [9.17, 15) is 4.39 Å². The third kappa shape index (κ3) is 4.26. The number of aryl methyl sites for hydroxylation is 1. The van der Waals surface area contributed by atoms with Gasteiger partial charge in [0, 0.05) is 27.6 Å². The normalized spacial score (nSPS) is 10.4. The van der Waals surface area contributed by atoms with Gasteiger partial charge in [0.25, 0.3) is 0 Å². The van der Waals surface area contributed by atoms with Gasteiger partial charge in [-0.25, -0.2) is 9.37 Å². The summed E-state index contributed by atoms with van der Waals surface area (Å²) in [5.74, 6) is 0.862. The van der Waals surface area contributed by atoms with Crippen molar-refractivity contribution in [3.63, 3.8) is 0 Å². The first-order valence-electron chi connectivity index (χ1n) is 6.99. The lowest BCUT2D eigenvalue weighted by molar-refractivity contribution is 0.628. The van der Waals surface area contributed by atoms with Crippen LogP contribution >= 0.6 is 15.9 Å². The number of anilines is 4. The van der Waals surface area contributed by atoms with Crippen molar-refractivity contribution in [1.29, 1.82) is 0 Å². The zero-order chi connectivity index (χ0) is 16.2. The topological polar surface area (TPSA) is 49.8 Å². The van der Waals surface area contributed by atoms with Crippen LogP contribution in [0.2, 0.25) is 0 Å². The number of halogens is 2. The van der Waals surface area contributed by atoms with Gasteiger partial charge in [-0.05, 0) is 49.4 Å². The second kappa shape index (κ2) is 6.75. The van der Waals surface area contributed by atoms with Crippen LogP contribution in [-0.4, -0.2) is 9.97 Å². The Morgan fingerprint density at radius 2 is 1.70 bits per heavy atom. The smallest absolute Gasteiger partial charge is 0.229 e. The molecular weight excluding hydrogens is 359 g/mol. The second-order valence-corrected chi connectivity index (χ2v) is 5.90. The third-order valence-electron chi connectivity index (χ3n) is 3.05. The summed E-state index contributed by atoms with van der Waals surface area (Å²) in [6, 6.07) is 15.7. The van der Waals surface area contributed by atoms with Crippen LogP contribution in [-0.2, 0) is 0 Å². The monoisotopic (exact) mass is 372 g/mol. The molecule has 0 bridgehead atoms. The number of nitrogens with zero attached hydrogens (tertiary/aromatic N) is 2. The molecule has 0 spiro atoms. The minimum Gasteiger partial charge on any atom is -0.340 e. The molecule has 0 fully saturated rings. The standard InChI is InChI=1S/C17H14BrFN4/c1-11-9-16(21-14-7-5-13(19)6-8-14)23-17(20-11)22-15-4-2-3-12(18)10-15/h2-10H,1H3,(H2,20,21,22,23). The van der Waals surface area contributed by atoms with Crippen molar-refractivity contribution in [1.82, 2.24) is 9.97 Å². The molecule has 3 rings (SSSR count). The third-order valence-corrected chi connectivity index (χ3v) is 3.54. The Kier molecular flexibility index (Phi) is 4.52. The molecular formula is C17H14BrFN4. The molecule has 23 heavy (non-hydrogen) atoms. The SMILES string of the molecule is Cc1cc(Nc2ccc(F)cc2)nc(Nc2cccc(Br)c2)n1. The molecule has 1 heterocycles. The van der Waals surface area contributed by atoms with Gasteiger partial charge in [-0.2, -0.15) is 4.98 Å². The van der Waals surface area contributed by atoms with Gasteiger partial charge in [0.15, 0.2) is 0 Å². The van der Waals surface area contributed by atoms with E-state index in [0.29, 0.717) is 11.8 Å². The number of nitrogens with one attached hydrogen (secondary N) is 2. The molecule has 6 heteroatoms. The first-order chi connectivity index (χ1) is 11.1. The van der Waals surface area contributed by atoms with E-state index in [2.05, 4.69) is 36.5 Å². The van der Waals surface area contributed by atoms with E-state index in [0.717, 1.165) is 21.5 Å². The summed E-state index contributed by atoms with van der Waals surface area (Å²) in [6.45, 7) is 1.89. The number of benzene rings is 2. The zero-order valence-corrected chi connectivity index (χ0v) is 13.9. The summed E-state index contributed by atoms with van der Waals surface area (Å²) in [4.78, 5) is 8.81. The lowest BCUT2D eigenvalue weighted by Gasteiger charge is -2.10. The quantitative estimate of drug-likeness (QED) is 0.662. The predicted molar refractivity (Wildman–Crippen MR) is 93.9 cm³/mol. The van der Waals surface area contributed by atoms with Crippen LogP contribution in [0.3, 0.4) is 0 Å². The van der Waals surface area contributed by atoms with Crippen LogP contribution in [0.4, 0.5) is 27.5 Å². The molecule has 4 nitrogen and oxygen atoms in total. The molecule has 0 saturated carbocycles. The van der Waals surface area contributed by atoms with Gasteiger partial charge in [-0.3, -0.25) is 0 Å². The second-order valence-electron chi connectivity index (χ2n) is 4.99. The van der Waals surface area contributed by atoms with Crippen molar-refractivity contribution >= 4 is 39.1 Å². The lowest BCUT2D eigenvalue weighted by Crippen LogP contribution is -2.02. The molecule has 0 aliphatic heterocycles. The minimum absolute atomic E-state index is 0.272. The average molecular weight is 373 g/mol. The van der Waals surface area contributed by atoms with Crippen molar-refractivity contribution in [2.45, 2.75) is 6.92 Å². The largest absolute Gasteiger partial charge is 0.340 e. The molecule has 1 aromatic heterocycles. The first-order valence-corrected chi connectivity index (χ1v) is 7.79. The highest BCUT2D eigenvalue weighted by Crippen LogP contribution is 2.21. The van der Waals surface area contributed by atoms with Gasteiger partial charge in [-0.15, -0.1) is 0 Å². The van der Waals surface area contributed by atoms with Gasteiger partial charge in [-0.1, -0.05) is 22.0 Å². The summed E-state index contributed by atoms with van der Waals surface area (Å²) in [7, 11) is 0. The molecule has 116 valence electrons. The average Bonchev–Trinajstić information content (AvgIpc) is 2.49. The summed E-state index contributed by atoms with van der Waals surface area (Å²) >= 11 is 3.43. The highest BCUT2D eigenvalue weighted by molar-refractivity contribution is 9.10. The van der Waals surface area contributed by atoms with Crippen molar-refractivity contribution in [3.8, 4) is 0 Å². The van der Waals surface area contributed by atoms with Gasteiger partial charge in [0.05, 0.1) is 0 Å². The molecule has 0 unspecified atom stereocenters. The Balaban J connectivity index is 1.82. The van der Waals surface area contributed by atoms with E-state index in [1.54, 1.807) is 12.1 Å². The summed E-state index contributed by atoms with van der Waals surface area (Å²) < 4.78 is 13.9. The van der Waals surface area contributed by atoms with Crippen LogP contribution in [0.5, 0.6) is 0 Å². The van der Waals surface area contributed by atoms with E-state index < -0.39 is 0 Å². The van der Waals surface area contributed by atoms with E-state index in [1.165, 1.54) is 12.1 Å². The Hall–Kier alpha value is -2.47. The number of rotatable bonds is 4. The highest BCUT2D eigenvalue weighted by atomic mass is 79.9. The molecule has 0 atom stereocenters. The highest BCUT2D eigenvalue weighted by Gasteiger charge is 2.04. The van der Waals surface area contributed by atoms with Crippen LogP contribution in [0, 0.1) is 12.7 Å². The number of aromatic nitrogens is 2. The fourth-order valence-electron chi connectivity index (χ4n) is 2.06. The fraction of sp³-hybridized carbons (Fsp3) is 0.0588. The first kappa shape index (κ1) is 15.4. The van der Waals surface area contributed by atoms with E-state index in [1.807, 2.05) is 37.3 Å². The molecule has 2 N–H and O–H groups in total. The Bertz CT molecular complexity index is 821. The number of hydrogen-bond donors (Lipinski definition) is 2. The van der Waals surface area contributed by atoms with E-state index >= 15 is 0 Å².